The van der Waals surface area contributed by atoms with E-state index >= 15 is 0 Å². The van der Waals surface area contributed by atoms with Crippen LogP contribution in [0.2, 0.25) is 0 Å². The average molecular weight is 234 g/mol. The van der Waals surface area contributed by atoms with Crippen molar-refractivity contribution in [1.29, 1.82) is 0 Å². The molecule has 0 atom stereocenters. The number of carbonyl (C=O) groups excluding carboxylic acids is 1. The van der Waals surface area contributed by atoms with E-state index in [2.05, 4.69) is 10.5 Å². The Bertz CT molecular complexity index is 410. The van der Waals surface area contributed by atoms with Gasteiger partial charge < -0.3 is 0 Å². The lowest BCUT2D eigenvalue weighted by atomic mass is 10.1. The third kappa shape index (κ3) is 4.79. The fourth-order valence-electron chi connectivity index (χ4n) is 1.21. The van der Waals surface area contributed by atoms with Crippen LogP contribution >= 0.6 is 12.2 Å². The molecule has 1 aromatic carbocycles. The van der Waals surface area contributed by atoms with E-state index in [1.807, 2.05) is 24.3 Å². The third-order valence-electron chi connectivity index (χ3n) is 1.87. The molecule has 0 saturated carbocycles. The van der Waals surface area contributed by atoms with Crippen LogP contribution in [-0.2, 0) is 11.2 Å². The number of rotatable bonds is 4. The number of Topliss-reactive ketones (excluding diaryl/α,β-unsaturated/α-hetero) is 1. The van der Waals surface area contributed by atoms with Gasteiger partial charge in [0.05, 0.1) is 11.2 Å². The number of thiocarbonyl (C=S) groups is 1. The summed E-state index contributed by atoms with van der Waals surface area (Å²) < 4.78 is 0. The molecule has 0 aliphatic heterocycles. The van der Waals surface area contributed by atoms with Crippen LogP contribution in [0.3, 0.4) is 0 Å². The Hall–Kier alpha value is -1.55. The smallest absolute Gasteiger partial charge is 0.134 e. The summed E-state index contributed by atoms with van der Waals surface area (Å²) in [6.07, 6.45) is 2.17. The SMILES string of the molecule is CC(=O)Cc1ccc(/C=N/NC(C)=S)cc1. The molecule has 1 aromatic rings. The van der Waals surface area contributed by atoms with Gasteiger partial charge in [-0.2, -0.15) is 5.10 Å². The number of hydrogen-bond donors (Lipinski definition) is 1. The number of ketones is 1. The molecule has 3 nitrogen and oxygen atoms in total. The quantitative estimate of drug-likeness (QED) is 0.493. The maximum absolute atomic E-state index is 10.9. The number of hydrazone groups is 1. The Morgan fingerprint density at radius 1 is 1.38 bits per heavy atom. The Morgan fingerprint density at radius 3 is 2.50 bits per heavy atom. The van der Waals surface area contributed by atoms with Crippen LogP contribution in [0.15, 0.2) is 29.4 Å². The van der Waals surface area contributed by atoms with Gasteiger partial charge in [0.1, 0.15) is 5.78 Å². The summed E-state index contributed by atoms with van der Waals surface area (Å²) in [4.78, 5) is 11.5. The summed E-state index contributed by atoms with van der Waals surface area (Å²) in [5.74, 6) is 0.166. The maximum Gasteiger partial charge on any atom is 0.134 e. The number of benzene rings is 1. The molecule has 4 heteroatoms. The lowest BCUT2D eigenvalue weighted by molar-refractivity contribution is -0.116. The number of hydrogen-bond acceptors (Lipinski definition) is 3. The topological polar surface area (TPSA) is 41.5 Å². The molecule has 1 N–H and O–H groups in total. The minimum Gasteiger partial charge on any atom is -0.300 e. The van der Waals surface area contributed by atoms with Crippen LogP contribution in [0.1, 0.15) is 25.0 Å². The van der Waals surface area contributed by atoms with Crippen molar-refractivity contribution >= 4 is 29.2 Å². The van der Waals surface area contributed by atoms with Crippen molar-refractivity contribution in [3.8, 4) is 0 Å². The maximum atomic E-state index is 10.9. The first kappa shape index (κ1) is 12.5. The Kier molecular flexibility index (Phi) is 4.79. The zero-order valence-electron chi connectivity index (χ0n) is 9.36. The molecule has 0 spiro atoms. The fourth-order valence-corrected chi connectivity index (χ4v) is 1.26. The van der Waals surface area contributed by atoms with E-state index in [0.717, 1.165) is 11.1 Å². The number of nitrogens with zero attached hydrogens (tertiary/aromatic N) is 1. The minimum absolute atomic E-state index is 0.166. The Labute approximate surface area is 101 Å². The first-order valence-corrected chi connectivity index (χ1v) is 5.37. The van der Waals surface area contributed by atoms with Crippen LogP contribution in [0.25, 0.3) is 0 Å². The van der Waals surface area contributed by atoms with Crippen LogP contribution in [-0.4, -0.2) is 17.0 Å². The molecule has 0 amide bonds. The summed E-state index contributed by atoms with van der Waals surface area (Å²) in [5.41, 5.74) is 4.67. The summed E-state index contributed by atoms with van der Waals surface area (Å²) >= 11 is 4.82. The third-order valence-corrected chi connectivity index (χ3v) is 1.96. The monoisotopic (exact) mass is 234 g/mol. The molecule has 0 saturated heterocycles. The van der Waals surface area contributed by atoms with Gasteiger partial charge in [-0.1, -0.05) is 36.5 Å². The van der Waals surface area contributed by atoms with Crippen molar-refractivity contribution in [2.24, 2.45) is 5.10 Å². The highest BCUT2D eigenvalue weighted by molar-refractivity contribution is 7.80. The van der Waals surface area contributed by atoms with Gasteiger partial charge in [-0.15, -0.1) is 0 Å². The van der Waals surface area contributed by atoms with Gasteiger partial charge in [0, 0.05) is 6.42 Å². The van der Waals surface area contributed by atoms with E-state index in [0.29, 0.717) is 11.4 Å². The molecule has 16 heavy (non-hydrogen) atoms. The van der Waals surface area contributed by atoms with Crippen molar-refractivity contribution in [3.63, 3.8) is 0 Å². The van der Waals surface area contributed by atoms with Gasteiger partial charge in [0.2, 0.25) is 0 Å². The van der Waals surface area contributed by atoms with Crippen LogP contribution < -0.4 is 5.43 Å². The normalized spacial score (nSPS) is 10.4. The lowest BCUT2D eigenvalue weighted by Crippen LogP contribution is -2.09. The lowest BCUT2D eigenvalue weighted by Gasteiger charge is -1.98. The van der Waals surface area contributed by atoms with Crippen molar-refractivity contribution in [2.45, 2.75) is 20.3 Å². The highest BCUT2D eigenvalue weighted by atomic mass is 32.1. The van der Waals surface area contributed by atoms with Crippen molar-refractivity contribution in [1.82, 2.24) is 5.43 Å². The van der Waals surface area contributed by atoms with Gasteiger partial charge in [0.15, 0.2) is 0 Å². The molecule has 0 bridgehead atoms. The zero-order valence-corrected chi connectivity index (χ0v) is 10.2. The standard InChI is InChI=1S/C12H14N2OS/c1-9(15)7-11-3-5-12(6-4-11)8-13-14-10(2)16/h3-6,8H,7H2,1-2H3,(H,14,16)/b13-8+. The van der Waals surface area contributed by atoms with E-state index in [1.54, 1.807) is 20.1 Å². The van der Waals surface area contributed by atoms with Gasteiger partial charge in [-0.05, 0) is 25.0 Å². The molecular weight excluding hydrogens is 220 g/mol. The Morgan fingerprint density at radius 2 is 2.00 bits per heavy atom. The zero-order chi connectivity index (χ0) is 12.0. The van der Waals surface area contributed by atoms with E-state index < -0.39 is 0 Å². The molecule has 0 aromatic heterocycles. The summed E-state index contributed by atoms with van der Waals surface area (Å²) in [5, 5.41) is 3.95. The summed E-state index contributed by atoms with van der Waals surface area (Å²) in [7, 11) is 0. The molecular formula is C12H14N2OS. The Balaban J connectivity index is 2.60. The second-order valence-electron chi connectivity index (χ2n) is 3.55. The predicted molar refractivity (Wildman–Crippen MR) is 69.8 cm³/mol. The van der Waals surface area contributed by atoms with Gasteiger partial charge in [-0.3, -0.25) is 10.2 Å². The molecule has 0 radical (unpaired) electrons. The summed E-state index contributed by atoms with van der Waals surface area (Å²) in [6.45, 7) is 3.35. The molecule has 1 rings (SSSR count). The number of nitrogens with one attached hydrogen (secondary N) is 1. The van der Waals surface area contributed by atoms with Gasteiger partial charge >= 0.3 is 0 Å². The highest BCUT2D eigenvalue weighted by Gasteiger charge is 1.96. The van der Waals surface area contributed by atoms with E-state index in [9.17, 15) is 4.79 Å². The first-order chi connectivity index (χ1) is 7.58. The highest BCUT2D eigenvalue weighted by Crippen LogP contribution is 2.03. The predicted octanol–water partition coefficient (Wildman–Crippen LogP) is 2.09. The van der Waals surface area contributed by atoms with Crippen LogP contribution in [0.5, 0.6) is 0 Å². The number of carbonyl (C=O) groups is 1. The van der Waals surface area contributed by atoms with E-state index in [-0.39, 0.29) is 5.78 Å². The minimum atomic E-state index is 0.166. The second-order valence-corrected chi connectivity index (χ2v) is 4.16. The summed E-state index contributed by atoms with van der Waals surface area (Å²) in [6, 6.07) is 7.68. The molecule has 0 aliphatic carbocycles. The fraction of sp³-hybridized carbons (Fsp3) is 0.250. The van der Waals surface area contributed by atoms with Crippen LogP contribution in [0, 0.1) is 0 Å². The molecule has 0 heterocycles. The average Bonchev–Trinajstić information content (AvgIpc) is 2.19. The molecule has 84 valence electrons. The molecule has 0 fully saturated rings. The van der Waals surface area contributed by atoms with Crippen molar-refractivity contribution in [3.05, 3.63) is 35.4 Å². The van der Waals surface area contributed by atoms with E-state index in [4.69, 9.17) is 12.2 Å². The van der Waals surface area contributed by atoms with Crippen LogP contribution in [0.4, 0.5) is 0 Å². The van der Waals surface area contributed by atoms with Crippen molar-refractivity contribution in [2.75, 3.05) is 0 Å². The molecule has 0 aliphatic rings. The second kappa shape index (κ2) is 6.12. The van der Waals surface area contributed by atoms with Crippen molar-refractivity contribution < 1.29 is 4.79 Å². The molecule has 0 unspecified atom stereocenters. The van der Waals surface area contributed by atoms with Gasteiger partial charge in [-0.25, -0.2) is 0 Å². The largest absolute Gasteiger partial charge is 0.300 e. The first-order valence-electron chi connectivity index (χ1n) is 4.96. The van der Waals surface area contributed by atoms with Gasteiger partial charge in [0.25, 0.3) is 0 Å². The van der Waals surface area contributed by atoms with E-state index in [1.165, 1.54) is 0 Å².